The van der Waals surface area contributed by atoms with Crippen LogP contribution in [0.25, 0.3) is 0 Å². The average molecular weight is 430 g/mol. The van der Waals surface area contributed by atoms with E-state index in [2.05, 4.69) is 49.1 Å². The maximum Gasteiger partial charge on any atom is 0.213 e. The molecule has 2 aromatic rings. The van der Waals surface area contributed by atoms with Crippen LogP contribution in [0.4, 0.5) is 0 Å². The lowest BCUT2D eigenvalue weighted by atomic mass is 10.2. The van der Waals surface area contributed by atoms with Gasteiger partial charge in [-0.25, -0.2) is 4.98 Å². The second-order valence-electron chi connectivity index (χ2n) is 7.75. The van der Waals surface area contributed by atoms with Gasteiger partial charge in [-0.3, -0.25) is 9.89 Å². The first-order valence-corrected chi connectivity index (χ1v) is 11.6. The van der Waals surface area contributed by atoms with Crippen molar-refractivity contribution in [1.29, 1.82) is 0 Å². The van der Waals surface area contributed by atoms with Crippen LogP contribution in [0.2, 0.25) is 0 Å². The summed E-state index contributed by atoms with van der Waals surface area (Å²) in [6.07, 6.45) is 4.44. The largest absolute Gasteiger partial charge is 0.477 e. The lowest BCUT2D eigenvalue weighted by molar-refractivity contribution is 0.0177. The average Bonchev–Trinajstić information content (AvgIpc) is 3.48. The Labute approximate surface area is 182 Å². The molecule has 162 valence electrons. The van der Waals surface area contributed by atoms with Crippen molar-refractivity contribution >= 4 is 17.3 Å². The topological polar surface area (TPSA) is 71.0 Å². The number of hydrogen-bond donors (Lipinski definition) is 2. The first kappa shape index (κ1) is 21.1. The number of pyridine rings is 1. The Hall–Kier alpha value is -2.16. The zero-order valence-corrected chi connectivity index (χ0v) is 18.4. The summed E-state index contributed by atoms with van der Waals surface area (Å²) in [6, 6.07) is 8.64. The molecule has 4 rings (SSSR count). The Morgan fingerprint density at radius 3 is 2.83 bits per heavy atom. The molecule has 8 heteroatoms. The van der Waals surface area contributed by atoms with Gasteiger partial charge in [0.2, 0.25) is 5.88 Å². The summed E-state index contributed by atoms with van der Waals surface area (Å²) in [5.41, 5.74) is 1.10. The van der Waals surface area contributed by atoms with E-state index in [-0.39, 0.29) is 0 Å². The molecule has 0 bridgehead atoms. The summed E-state index contributed by atoms with van der Waals surface area (Å²) in [5, 5.41) is 9.02. The van der Waals surface area contributed by atoms with Gasteiger partial charge in [0.25, 0.3) is 0 Å². The highest BCUT2D eigenvalue weighted by Crippen LogP contribution is 2.29. The van der Waals surface area contributed by atoms with E-state index >= 15 is 0 Å². The van der Waals surface area contributed by atoms with Crippen LogP contribution in [0, 0.1) is 5.92 Å². The molecular formula is C22H31N5O2S. The molecule has 0 aromatic carbocycles. The minimum atomic E-state index is 0.317. The first-order chi connectivity index (χ1) is 14.8. The molecule has 1 atom stereocenters. The molecule has 1 aliphatic carbocycles. The van der Waals surface area contributed by atoms with Gasteiger partial charge in [-0.2, -0.15) is 0 Å². The zero-order chi connectivity index (χ0) is 20.6. The van der Waals surface area contributed by atoms with Gasteiger partial charge >= 0.3 is 0 Å². The number of thiophene rings is 1. The Bertz CT molecular complexity index is 786. The van der Waals surface area contributed by atoms with Crippen LogP contribution in [0.3, 0.4) is 0 Å². The summed E-state index contributed by atoms with van der Waals surface area (Å²) < 4.78 is 11.2. The smallest absolute Gasteiger partial charge is 0.213 e. The fourth-order valence-electron chi connectivity index (χ4n) is 3.47. The second-order valence-corrected chi connectivity index (χ2v) is 8.72. The third kappa shape index (κ3) is 6.17. The molecule has 0 spiro atoms. The van der Waals surface area contributed by atoms with Crippen molar-refractivity contribution in [3.8, 4) is 5.88 Å². The molecule has 2 aliphatic rings. The van der Waals surface area contributed by atoms with Crippen molar-refractivity contribution < 1.29 is 9.47 Å². The lowest BCUT2D eigenvalue weighted by Crippen LogP contribution is -2.46. The minimum Gasteiger partial charge on any atom is -0.477 e. The molecule has 2 N–H and O–H groups in total. The molecule has 3 heterocycles. The SMILES string of the molecule is CN=C(NCc1ccc(OCC2CC2)nc1)NCC(c1cccs1)N1CCOCC1. The molecule has 0 radical (unpaired) electrons. The number of morpholine rings is 1. The highest BCUT2D eigenvalue weighted by atomic mass is 32.1. The van der Waals surface area contributed by atoms with Crippen LogP contribution in [0.1, 0.15) is 29.3 Å². The number of nitrogens with one attached hydrogen (secondary N) is 2. The molecule has 7 nitrogen and oxygen atoms in total. The van der Waals surface area contributed by atoms with Gasteiger partial charge in [0.1, 0.15) is 0 Å². The quantitative estimate of drug-likeness (QED) is 0.472. The molecule has 1 saturated heterocycles. The fraction of sp³-hybridized carbons (Fsp3) is 0.545. The van der Waals surface area contributed by atoms with Crippen molar-refractivity contribution in [1.82, 2.24) is 20.5 Å². The van der Waals surface area contributed by atoms with Gasteiger partial charge in [-0.1, -0.05) is 12.1 Å². The molecule has 1 saturated carbocycles. The first-order valence-electron chi connectivity index (χ1n) is 10.7. The van der Waals surface area contributed by atoms with Gasteiger partial charge in [-0.15, -0.1) is 11.3 Å². The Balaban J connectivity index is 1.27. The van der Waals surface area contributed by atoms with Crippen molar-refractivity contribution in [2.24, 2.45) is 10.9 Å². The van der Waals surface area contributed by atoms with Gasteiger partial charge in [0.15, 0.2) is 5.96 Å². The zero-order valence-electron chi connectivity index (χ0n) is 17.5. The minimum absolute atomic E-state index is 0.317. The van der Waals surface area contributed by atoms with E-state index in [0.29, 0.717) is 18.5 Å². The van der Waals surface area contributed by atoms with Crippen molar-refractivity contribution in [3.63, 3.8) is 0 Å². The van der Waals surface area contributed by atoms with E-state index in [4.69, 9.17) is 9.47 Å². The molecule has 0 amide bonds. The van der Waals surface area contributed by atoms with E-state index in [1.807, 2.05) is 12.3 Å². The summed E-state index contributed by atoms with van der Waals surface area (Å²) in [5.74, 6) is 2.23. The maximum atomic E-state index is 5.71. The predicted molar refractivity (Wildman–Crippen MR) is 120 cm³/mol. The molecule has 30 heavy (non-hydrogen) atoms. The van der Waals surface area contributed by atoms with Crippen molar-refractivity contribution in [2.45, 2.75) is 25.4 Å². The summed E-state index contributed by atoms with van der Waals surface area (Å²) in [7, 11) is 1.80. The van der Waals surface area contributed by atoms with E-state index in [0.717, 1.165) is 56.9 Å². The summed E-state index contributed by atoms with van der Waals surface area (Å²) >= 11 is 1.80. The standard InChI is InChI=1S/C22H31N5O2S/c1-23-22(25-14-18-6-7-21(24-13-18)29-16-17-4-5-17)26-15-19(20-3-2-12-30-20)27-8-10-28-11-9-27/h2-3,6-7,12-13,17,19H,4-5,8-11,14-16H2,1H3,(H2,23,25,26). The summed E-state index contributed by atoms with van der Waals surface area (Å²) in [6.45, 7) is 5.75. The lowest BCUT2D eigenvalue weighted by Gasteiger charge is -2.34. The van der Waals surface area contributed by atoms with E-state index in [1.165, 1.54) is 17.7 Å². The number of hydrogen-bond acceptors (Lipinski definition) is 6. The van der Waals surface area contributed by atoms with E-state index in [9.17, 15) is 0 Å². The van der Waals surface area contributed by atoms with Crippen LogP contribution in [-0.2, 0) is 11.3 Å². The van der Waals surface area contributed by atoms with E-state index in [1.54, 1.807) is 18.4 Å². The molecule has 1 unspecified atom stereocenters. The van der Waals surface area contributed by atoms with Crippen LogP contribution < -0.4 is 15.4 Å². The van der Waals surface area contributed by atoms with Gasteiger partial charge in [-0.05, 0) is 35.8 Å². The molecule has 2 aromatic heterocycles. The number of nitrogens with zero attached hydrogens (tertiary/aromatic N) is 3. The van der Waals surface area contributed by atoms with Crippen LogP contribution >= 0.6 is 11.3 Å². The number of guanidine groups is 1. The van der Waals surface area contributed by atoms with Crippen LogP contribution in [0.15, 0.2) is 40.8 Å². The Morgan fingerprint density at radius 1 is 1.30 bits per heavy atom. The highest BCUT2D eigenvalue weighted by Gasteiger charge is 2.24. The van der Waals surface area contributed by atoms with Crippen LogP contribution in [0.5, 0.6) is 5.88 Å². The predicted octanol–water partition coefficient (Wildman–Crippen LogP) is 2.67. The monoisotopic (exact) mass is 429 g/mol. The van der Waals surface area contributed by atoms with E-state index < -0.39 is 0 Å². The maximum absolute atomic E-state index is 5.71. The van der Waals surface area contributed by atoms with Crippen molar-refractivity contribution in [3.05, 3.63) is 46.3 Å². The number of aromatic nitrogens is 1. The van der Waals surface area contributed by atoms with Crippen molar-refractivity contribution in [2.75, 3.05) is 46.5 Å². The molecular weight excluding hydrogens is 398 g/mol. The Morgan fingerprint density at radius 2 is 2.17 bits per heavy atom. The van der Waals surface area contributed by atoms with Gasteiger partial charge < -0.3 is 20.1 Å². The third-order valence-corrected chi connectivity index (χ3v) is 6.44. The van der Waals surface area contributed by atoms with Crippen LogP contribution in [-0.4, -0.2) is 62.3 Å². The number of aliphatic imine (C=N–C) groups is 1. The Kier molecular flexibility index (Phi) is 7.55. The second kappa shape index (κ2) is 10.7. The fourth-order valence-corrected chi connectivity index (χ4v) is 4.33. The normalized spacial score (nSPS) is 18.8. The molecule has 2 fully saturated rings. The summed E-state index contributed by atoms with van der Waals surface area (Å²) in [4.78, 5) is 12.6. The third-order valence-electron chi connectivity index (χ3n) is 5.47. The molecule has 1 aliphatic heterocycles. The highest BCUT2D eigenvalue weighted by molar-refractivity contribution is 7.10. The van der Waals surface area contributed by atoms with Gasteiger partial charge in [0.05, 0.1) is 25.9 Å². The number of ether oxygens (including phenoxy) is 2. The van der Waals surface area contributed by atoms with Gasteiger partial charge in [0, 0.05) is 50.4 Å². The number of rotatable bonds is 9.